The van der Waals surface area contributed by atoms with Gasteiger partial charge in [0.05, 0.1) is 11.1 Å². The Bertz CT molecular complexity index is 962. The average Bonchev–Trinajstić information content (AvgIpc) is 2.56. The zero-order valence-corrected chi connectivity index (χ0v) is 12.8. The van der Waals surface area contributed by atoms with Crippen LogP contribution in [0.2, 0.25) is 5.28 Å². The number of fused-ring (bicyclic) bond motifs is 1. The molecule has 0 saturated heterocycles. The van der Waals surface area contributed by atoms with E-state index in [1.165, 1.54) is 6.08 Å². The summed E-state index contributed by atoms with van der Waals surface area (Å²) in [4.78, 5) is 17.3. The summed E-state index contributed by atoms with van der Waals surface area (Å²) in [6, 6.07) is 10.6. The van der Waals surface area contributed by atoms with Crippen LogP contribution >= 0.6 is 11.6 Å². The second-order valence-corrected chi connectivity index (χ2v) is 5.03. The Morgan fingerprint density at radius 2 is 2.04 bits per heavy atom. The third-order valence-corrected chi connectivity index (χ3v) is 3.36. The first-order chi connectivity index (χ1) is 11.5. The van der Waals surface area contributed by atoms with Gasteiger partial charge in [0.15, 0.2) is 0 Å². The number of nitro groups is 1. The normalized spacial score (nSPS) is 11.1. The van der Waals surface area contributed by atoms with Gasteiger partial charge in [-0.15, -0.1) is 0 Å². The summed E-state index contributed by atoms with van der Waals surface area (Å²) < 4.78 is 19.3. The first kappa shape index (κ1) is 15.8. The highest BCUT2D eigenvalue weighted by atomic mass is 35.5. The molecular formula is C16H9ClFN3O3. The number of hydrogen-bond acceptors (Lipinski definition) is 5. The first-order valence-electron chi connectivity index (χ1n) is 6.74. The maximum Gasteiger partial charge on any atom is 0.260 e. The molecule has 0 aliphatic rings. The van der Waals surface area contributed by atoms with E-state index in [-0.39, 0.29) is 16.9 Å². The second kappa shape index (κ2) is 6.59. The molecule has 0 aliphatic heterocycles. The molecule has 0 amide bonds. The minimum absolute atomic E-state index is 0.172. The summed E-state index contributed by atoms with van der Waals surface area (Å²) in [5.41, 5.74) is 0.430. The number of benzene rings is 2. The van der Waals surface area contributed by atoms with E-state index in [9.17, 15) is 14.5 Å². The molecule has 2 aromatic carbocycles. The molecule has 120 valence electrons. The standard InChI is InChI=1S/C16H9ClFN3O3/c17-16-19-9-13(18)15(20-16)24-14-6-5-10-3-1-2-4-11(10)12(14)7-8-21(22)23/h1-9H/b8-7+. The molecule has 8 heteroatoms. The quantitative estimate of drug-likeness (QED) is 0.396. The van der Waals surface area contributed by atoms with Gasteiger partial charge in [0, 0.05) is 11.6 Å². The number of nitrogens with zero attached hydrogens (tertiary/aromatic N) is 3. The lowest BCUT2D eigenvalue weighted by molar-refractivity contribution is -0.400. The van der Waals surface area contributed by atoms with E-state index >= 15 is 0 Å². The van der Waals surface area contributed by atoms with Crippen LogP contribution in [-0.2, 0) is 0 Å². The van der Waals surface area contributed by atoms with Gasteiger partial charge in [-0.25, -0.2) is 4.98 Å². The van der Waals surface area contributed by atoms with Crippen molar-refractivity contribution in [1.29, 1.82) is 0 Å². The average molecular weight is 346 g/mol. The van der Waals surface area contributed by atoms with Crippen LogP contribution in [0.5, 0.6) is 11.6 Å². The zero-order valence-electron chi connectivity index (χ0n) is 12.0. The van der Waals surface area contributed by atoms with Crippen molar-refractivity contribution in [1.82, 2.24) is 9.97 Å². The minimum atomic E-state index is -0.795. The third kappa shape index (κ3) is 3.31. The fraction of sp³-hybridized carbons (Fsp3) is 0. The molecule has 0 unspecified atom stereocenters. The van der Waals surface area contributed by atoms with Crippen LogP contribution in [0.15, 0.2) is 48.8 Å². The van der Waals surface area contributed by atoms with E-state index in [4.69, 9.17) is 16.3 Å². The smallest absolute Gasteiger partial charge is 0.260 e. The highest BCUT2D eigenvalue weighted by Crippen LogP contribution is 2.33. The van der Waals surface area contributed by atoms with Gasteiger partial charge >= 0.3 is 0 Å². The molecule has 0 fully saturated rings. The molecule has 0 N–H and O–H groups in total. The molecule has 3 rings (SSSR count). The van der Waals surface area contributed by atoms with E-state index in [0.717, 1.165) is 17.8 Å². The van der Waals surface area contributed by atoms with Crippen molar-refractivity contribution in [2.24, 2.45) is 0 Å². The monoisotopic (exact) mass is 345 g/mol. The molecule has 0 atom stereocenters. The summed E-state index contributed by atoms with van der Waals surface area (Å²) in [5, 5.41) is 12.1. The molecule has 1 heterocycles. The van der Waals surface area contributed by atoms with E-state index in [2.05, 4.69) is 9.97 Å². The molecule has 0 radical (unpaired) electrons. The van der Waals surface area contributed by atoms with Gasteiger partial charge < -0.3 is 4.74 Å². The number of halogens is 2. The van der Waals surface area contributed by atoms with Crippen LogP contribution < -0.4 is 4.74 Å². The number of aromatic nitrogens is 2. The Morgan fingerprint density at radius 1 is 1.25 bits per heavy atom. The molecule has 0 bridgehead atoms. The van der Waals surface area contributed by atoms with Crippen LogP contribution in [0, 0.1) is 15.9 Å². The van der Waals surface area contributed by atoms with Crippen molar-refractivity contribution in [3.63, 3.8) is 0 Å². The maximum absolute atomic E-state index is 13.8. The summed E-state index contributed by atoms with van der Waals surface area (Å²) in [7, 11) is 0. The minimum Gasteiger partial charge on any atom is -0.436 e. The predicted molar refractivity (Wildman–Crippen MR) is 87.1 cm³/mol. The lowest BCUT2D eigenvalue weighted by Crippen LogP contribution is -1.96. The lowest BCUT2D eigenvalue weighted by atomic mass is 10.0. The van der Waals surface area contributed by atoms with Crippen LogP contribution in [-0.4, -0.2) is 14.9 Å². The zero-order chi connectivity index (χ0) is 17.1. The molecule has 0 spiro atoms. The molecule has 0 aliphatic carbocycles. The highest BCUT2D eigenvalue weighted by molar-refractivity contribution is 6.28. The van der Waals surface area contributed by atoms with Gasteiger partial charge in [-0.05, 0) is 28.4 Å². The van der Waals surface area contributed by atoms with Crippen LogP contribution in [0.25, 0.3) is 16.8 Å². The summed E-state index contributed by atoms with van der Waals surface area (Å²) in [5.74, 6) is -0.946. The van der Waals surface area contributed by atoms with E-state index in [0.29, 0.717) is 10.9 Å². The Morgan fingerprint density at radius 3 is 2.83 bits per heavy atom. The van der Waals surface area contributed by atoms with E-state index < -0.39 is 10.7 Å². The molecule has 6 nitrogen and oxygen atoms in total. The Labute approximate surface area is 140 Å². The predicted octanol–water partition coefficient (Wildman–Crippen LogP) is 4.46. The second-order valence-electron chi connectivity index (χ2n) is 4.69. The maximum atomic E-state index is 13.8. The highest BCUT2D eigenvalue weighted by Gasteiger charge is 2.13. The molecular weight excluding hydrogens is 337 g/mol. The largest absolute Gasteiger partial charge is 0.436 e. The summed E-state index contributed by atoms with van der Waals surface area (Å²) >= 11 is 5.65. The van der Waals surface area contributed by atoms with Gasteiger partial charge in [-0.1, -0.05) is 30.3 Å². The van der Waals surface area contributed by atoms with Crippen molar-refractivity contribution in [2.45, 2.75) is 0 Å². The SMILES string of the molecule is O=[N+]([O-])/C=C/c1c(Oc2nc(Cl)ncc2F)ccc2ccccc12. The Balaban J connectivity index is 2.14. The third-order valence-electron chi connectivity index (χ3n) is 3.18. The van der Waals surface area contributed by atoms with Gasteiger partial charge in [-0.3, -0.25) is 10.1 Å². The summed E-state index contributed by atoms with van der Waals surface area (Å²) in [6.45, 7) is 0. The van der Waals surface area contributed by atoms with Gasteiger partial charge in [-0.2, -0.15) is 9.37 Å². The molecule has 0 saturated carbocycles. The topological polar surface area (TPSA) is 78.2 Å². The van der Waals surface area contributed by atoms with Crippen molar-refractivity contribution in [3.05, 3.63) is 75.6 Å². The van der Waals surface area contributed by atoms with Crippen molar-refractivity contribution < 1.29 is 14.1 Å². The van der Waals surface area contributed by atoms with Crippen molar-refractivity contribution in [2.75, 3.05) is 0 Å². The first-order valence-corrected chi connectivity index (χ1v) is 7.12. The molecule has 3 aromatic rings. The molecule has 24 heavy (non-hydrogen) atoms. The van der Waals surface area contributed by atoms with Crippen molar-refractivity contribution in [3.8, 4) is 11.6 Å². The Kier molecular flexibility index (Phi) is 4.35. The van der Waals surface area contributed by atoms with E-state index in [1.54, 1.807) is 24.3 Å². The van der Waals surface area contributed by atoms with Gasteiger partial charge in [0.1, 0.15) is 5.75 Å². The van der Waals surface area contributed by atoms with Crippen LogP contribution in [0.1, 0.15) is 5.56 Å². The number of ether oxygens (including phenoxy) is 1. The van der Waals surface area contributed by atoms with E-state index in [1.807, 2.05) is 12.1 Å². The van der Waals surface area contributed by atoms with Crippen LogP contribution in [0.4, 0.5) is 4.39 Å². The number of hydrogen-bond donors (Lipinski definition) is 0. The fourth-order valence-electron chi connectivity index (χ4n) is 2.18. The van der Waals surface area contributed by atoms with Gasteiger partial charge in [0.25, 0.3) is 5.88 Å². The summed E-state index contributed by atoms with van der Waals surface area (Å²) in [6.07, 6.45) is 2.97. The fourth-order valence-corrected chi connectivity index (χ4v) is 2.30. The van der Waals surface area contributed by atoms with Gasteiger partial charge in [0.2, 0.25) is 17.3 Å². The Hall–Kier alpha value is -3.06. The lowest BCUT2D eigenvalue weighted by Gasteiger charge is -2.11. The van der Waals surface area contributed by atoms with Crippen LogP contribution in [0.3, 0.4) is 0 Å². The van der Waals surface area contributed by atoms with Crippen molar-refractivity contribution >= 4 is 28.4 Å². The number of rotatable bonds is 4. The molecule has 1 aromatic heterocycles.